The zero-order valence-electron chi connectivity index (χ0n) is 12.5. The summed E-state index contributed by atoms with van der Waals surface area (Å²) in [6.45, 7) is 0. The minimum atomic E-state index is 0.235. The number of aryl methyl sites for hydroxylation is 1. The lowest BCUT2D eigenvalue weighted by molar-refractivity contribution is -0.118. The molecule has 0 heterocycles. The summed E-state index contributed by atoms with van der Waals surface area (Å²) in [6, 6.07) is 15.5. The molecule has 2 aromatic rings. The maximum atomic E-state index is 12.0. The van der Waals surface area contributed by atoms with E-state index in [9.17, 15) is 4.79 Å². The third-order valence-corrected chi connectivity index (χ3v) is 3.39. The van der Waals surface area contributed by atoms with Crippen molar-refractivity contribution in [3.8, 4) is 11.5 Å². The standard InChI is InChI=1S/C18H20O3/c1-20-17-10-7-14(8-11-17)6-9-16(19)12-15-4-3-5-18(13-15)21-2/h3-5,7-8,10-11,13H,6,9,12H2,1-2H3. The molecule has 110 valence electrons. The van der Waals surface area contributed by atoms with Gasteiger partial charge in [-0.15, -0.1) is 0 Å². The first kappa shape index (κ1) is 15.1. The van der Waals surface area contributed by atoms with Crippen LogP contribution in [0.3, 0.4) is 0 Å². The molecule has 0 N–H and O–H groups in total. The number of hydrogen-bond donors (Lipinski definition) is 0. The number of methoxy groups -OCH3 is 2. The van der Waals surface area contributed by atoms with Gasteiger partial charge in [0.1, 0.15) is 17.3 Å². The van der Waals surface area contributed by atoms with Crippen molar-refractivity contribution < 1.29 is 14.3 Å². The van der Waals surface area contributed by atoms with Crippen LogP contribution in [0.2, 0.25) is 0 Å². The SMILES string of the molecule is COc1ccc(CCC(=O)Cc2cccc(OC)c2)cc1. The molecule has 21 heavy (non-hydrogen) atoms. The zero-order chi connectivity index (χ0) is 15.1. The zero-order valence-corrected chi connectivity index (χ0v) is 12.5. The van der Waals surface area contributed by atoms with E-state index in [1.54, 1.807) is 14.2 Å². The van der Waals surface area contributed by atoms with Crippen molar-refractivity contribution in [3.05, 3.63) is 59.7 Å². The molecule has 2 rings (SSSR count). The summed E-state index contributed by atoms with van der Waals surface area (Å²) in [5.74, 6) is 1.86. The Morgan fingerprint density at radius 3 is 2.29 bits per heavy atom. The second-order valence-electron chi connectivity index (χ2n) is 4.92. The molecule has 0 radical (unpaired) electrons. The van der Waals surface area contributed by atoms with Crippen molar-refractivity contribution in [2.45, 2.75) is 19.3 Å². The highest BCUT2D eigenvalue weighted by molar-refractivity contribution is 5.81. The molecule has 3 heteroatoms. The maximum Gasteiger partial charge on any atom is 0.137 e. The summed E-state index contributed by atoms with van der Waals surface area (Å²) in [5.41, 5.74) is 2.14. The largest absolute Gasteiger partial charge is 0.497 e. The Kier molecular flexibility index (Phi) is 5.38. The molecule has 0 aliphatic rings. The molecule has 0 amide bonds. The van der Waals surface area contributed by atoms with E-state index in [1.807, 2.05) is 48.5 Å². The minimum Gasteiger partial charge on any atom is -0.497 e. The van der Waals surface area contributed by atoms with Gasteiger partial charge in [0.25, 0.3) is 0 Å². The van der Waals surface area contributed by atoms with Crippen molar-refractivity contribution in [2.24, 2.45) is 0 Å². The van der Waals surface area contributed by atoms with Crippen LogP contribution in [0.15, 0.2) is 48.5 Å². The van der Waals surface area contributed by atoms with E-state index in [4.69, 9.17) is 9.47 Å². The van der Waals surface area contributed by atoms with Gasteiger partial charge >= 0.3 is 0 Å². The number of hydrogen-bond acceptors (Lipinski definition) is 3. The van der Waals surface area contributed by atoms with Gasteiger partial charge in [-0.05, 0) is 41.8 Å². The van der Waals surface area contributed by atoms with Crippen molar-refractivity contribution in [3.63, 3.8) is 0 Å². The van der Waals surface area contributed by atoms with Crippen LogP contribution in [0.25, 0.3) is 0 Å². The molecule has 0 bridgehead atoms. The normalized spacial score (nSPS) is 10.2. The summed E-state index contributed by atoms with van der Waals surface area (Å²) in [6.07, 6.45) is 1.75. The summed E-state index contributed by atoms with van der Waals surface area (Å²) in [5, 5.41) is 0. The van der Waals surface area contributed by atoms with E-state index in [1.165, 1.54) is 0 Å². The lowest BCUT2D eigenvalue weighted by Gasteiger charge is -2.05. The van der Waals surface area contributed by atoms with Gasteiger partial charge in [0.15, 0.2) is 0 Å². The Bertz CT molecular complexity index is 588. The van der Waals surface area contributed by atoms with Crippen LogP contribution in [0, 0.1) is 0 Å². The highest BCUT2D eigenvalue weighted by atomic mass is 16.5. The van der Waals surface area contributed by atoms with Crippen LogP contribution in [-0.2, 0) is 17.6 Å². The van der Waals surface area contributed by atoms with Crippen molar-refractivity contribution in [1.29, 1.82) is 0 Å². The number of carbonyl (C=O) groups is 1. The predicted octanol–water partition coefficient (Wildman–Crippen LogP) is 3.45. The number of Topliss-reactive ketones (excluding diaryl/α,β-unsaturated/α-hetero) is 1. The first-order valence-electron chi connectivity index (χ1n) is 6.99. The molecule has 0 spiro atoms. The number of rotatable bonds is 7. The lowest BCUT2D eigenvalue weighted by Crippen LogP contribution is -2.04. The predicted molar refractivity (Wildman–Crippen MR) is 83.0 cm³/mol. The van der Waals surface area contributed by atoms with Crippen LogP contribution in [-0.4, -0.2) is 20.0 Å². The lowest BCUT2D eigenvalue weighted by atomic mass is 10.0. The first-order chi connectivity index (χ1) is 10.2. The third-order valence-electron chi connectivity index (χ3n) is 3.39. The topological polar surface area (TPSA) is 35.5 Å². The van der Waals surface area contributed by atoms with Crippen molar-refractivity contribution >= 4 is 5.78 Å². The fourth-order valence-electron chi connectivity index (χ4n) is 2.17. The van der Waals surface area contributed by atoms with E-state index >= 15 is 0 Å². The summed E-state index contributed by atoms with van der Waals surface area (Å²) in [4.78, 5) is 12.0. The van der Waals surface area contributed by atoms with E-state index in [-0.39, 0.29) is 5.78 Å². The van der Waals surface area contributed by atoms with Gasteiger partial charge in [-0.2, -0.15) is 0 Å². The minimum absolute atomic E-state index is 0.235. The Hall–Kier alpha value is -2.29. The average Bonchev–Trinajstić information content (AvgIpc) is 2.53. The van der Waals surface area contributed by atoms with Crippen LogP contribution < -0.4 is 9.47 Å². The fraction of sp³-hybridized carbons (Fsp3) is 0.278. The van der Waals surface area contributed by atoms with Gasteiger partial charge < -0.3 is 9.47 Å². The molecule has 2 aromatic carbocycles. The quantitative estimate of drug-likeness (QED) is 0.781. The fourth-order valence-corrected chi connectivity index (χ4v) is 2.17. The van der Waals surface area contributed by atoms with E-state index in [0.717, 1.165) is 29.0 Å². The molecular formula is C18H20O3. The van der Waals surface area contributed by atoms with Crippen molar-refractivity contribution in [2.75, 3.05) is 14.2 Å². The van der Waals surface area contributed by atoms with Crippen LogP contribution >= 0.6 is 0 Å². The molecule has 0 aliphatic carbocycles. The summed E-state index contributed by atoms with van der Waals surface area (Å²) < 4.78 is 10.3. The molecule has 0 aliphatic heterocycles. The number of carbonyl (C=O) groups excluding carboxylic acids is 1. The van der Waals surface area contributed by atoms with Gasteiger partial charge in [0.2, 0.25) is 0 Å². The summed E-state index contributed by atoms with van der Waals surface area (Å²) >= 11 is 0. The third kappa shape index (κ3) is 4.63. The van der Waals surface area contributed by atoms with Crippen LogP contribution in [0.4, 0.5) is 0 Å². The Morgan fingerprint density at radius 2 is 1.62 bits per heavy atom. The molecule has 0 saturated carbocycles. The number of benzene rings is 2. The second-order valence-corrected chi connectivity index (χ2v) is 4.92. The molecule has 0 atom stereocenters. The first-order valence-corrected chi connectivity index (χ1v) is 6.99. The monoisotopic (exact) mass is 284 g/mol. The molecule has 0 unspecified atom stereocenters. The van der Waals surface area contributed by atoms with Crippen LogP contribution in [0.1, 0.15) is 17.5 Å². The molecule has 0 aromatic heterocycles. The molecule has 0 fully saturated rings. The average molecular weight is 284 g/mol. The van der Waals surface area contributed by atoms with Gasteiger partial charge in [0, 0.05) is 12.8 Å². The molecule has 3 nitrogen and oxygen atoms in total. The molecular weight excluding hydrogens is 264 g/mol. The summed E-state index contributed by atoms with van der Waals surface area (Å²) in [7, 11) is 3.28. The maximum absolute atomic E-state index is 12.0. The van der Waals surface area contributed by atoms with E-state index in [2.05, 4.69) is 0 Å². The van der Waals surface area contributed by atoms with Gasteiger partial charge in [-0.1, -0.05) is 24.3 Å². The van der Waals surface area contributed by atoms with E-state index < -0.39 is 0 Å². The van der Waals surface area contributed by atoms with Gasteiger partial charge in [-0.3, -0.25) is 4.79 Å². The second kappa shape index (κ2) is 7.48. The van der Waals surface area contributed by atoms with E-state index in [0.29, 0.717) is 12.8 Å². The van der Waals surface area contributed by atoms with Crippen LogP contribution in [0.5, 0.6) is 11.5 Å². The Morgan fingerprint density at radius 1 is 0.905 bits per heavy atom. The Balaban J connectivity index is 1.86. The molecule has 0 saturated heterocycles. The number of ether oxygens (including phenoxy) is 2. The van der Waals surface area contributed by atoms with Gasteiger partial charge in [-0.25, -0.2) is 0 Å². The highest BCUT2D eigenvalue weighted by Gasteiger charge is 2.05. The van der Waals surface area contributed by atoms with Gasteiger partial charge in [0.05, 0.1) is 14.2 Å². The Labute approximate surface area is 125 Å². The smallest absolute Gasteiger partial charge is 0.137 e. The number of ketones is 1. The highest BCUT2D eigenvalue weighted by Crippen LogP contribution is 2.15. The van der Waals surface area contributed by atoms with Crippen molar-refractivity contribution in [1.82, 2.24) is 0 Å².